The zero-order valence-electron chi connectivity index (χ0n) is 8.39. The van der Waals surface area contributed by atoms with E-state index in [1.54, 1.807) is 13.8 Å². The first-order chi connectivity index (χ1) is 6.40. The van der Waals surface area contributed by atoms with Crippen LogP contribution in [0.3, 0.4) is 0 Å². The average Bonchev–Trinajstić information content (AvgIpc) is 2.11. The minimum Gasteiger partial charge on any atom is -0.354 e. The van der Waals surface area contributed by atoms with Gasteiger partial charge in [-0.15, -0.1) is 11.6 Å². The lowest BCUT2D eigenvalue weighted by atomic mass is 9.95. The highest BCUT2D eigenvalue weighted by Gasteiger charge is 2.25. The third-order valence-electron chi connectivity index (χ3n) is 1.66. The van der Waals surface area contributed by atoms with Gasteiger partial charge < -0.3 is 16.4 Å². The fourth-order valence-electron chi connectivity index (χ4n) is 0.662. The Morgan fingerprint density at radius 1 is 1.29 bits per heavy atom. The van der Waals surface area contributed by atoms with E-state index >= 15 is 0 Å². The van der Waals surface area contributed by atoms with Gasteiger partial charge in [-0.1, -0.05) is 0 Å². The number of hydrogen-bond acceptors (Lipinski definition) is 2. The highest BCUT2D eigenvalue weighted by Crippen LogP contribution is 2.16. The molecule has 0 aliphatic carbocycles. The minimum absolute atomic E-state index is 0.140. The summed E-state index contributed by atoms with van der Waals surface area (Å²) in [7, 11) is 0. The predicted molar refractivity (Wildman–Crippen MR) is 55.1 cm³/mol. The van der Waals surface area contributed by atoms with E-state index < -0.39 is 11.4 Å². The Morgan fingerprint density at radius 3 is 2.21 bits per heavy atom. The van der Waals surface area contributed by atoms with E-state index in [1.165, 1.54) is 0 Å². The number of nitrogens with one attached hydrogen (secondary N) is 2. The summed E-state index contributed by atoms with van der Waals surface area (Å²) in [6, 6.07) is -0.601. The second-order valence-electron chi connectivity index (χ2n) is 3.56. The number of nitrogens with two attached hydrogens (primary N) is 1. The highest BCUT2D eigenvalue weighted by molar-refractivity contribution is 6.19. The topological polar surface area (TPSA) is 84.2 Å². The molecule has 0 aliphatic heterocycles. The Bertz CT molecular complexity index is 219. The Labute approximate surface area is 88.4 Å². The van der Waals surface area contributed by atoms with Crippen molar-refractivity contribution in [3.05, 3.63) is 0 Å². The van der Waals surface area contributed by atoms with E-state index in [0.29, 0.717) is 13.1 Å². The summed E-state index contributed by atoms with van der Waals surface area (Å²) >= 11 is 5.60. The van der Waals surface area contributed by atoms with Gasteiger partial charge in [0.2, 0.25) is 5.91 Å². The molecule has 4 N–H and O–H groups in total. The van der Waals surface area contributed by atoms with Gasteiger partial charge in [0.1, 0.15) is 0 Å². The van der Waals surface area contributed by atoms with Crippen molar-refractivity contribution in [1.82, 2.24) is 10.6 Å². The molecule has 0 bridgehead atoms. The first kappa shape index (κ1) is 13.0. The molecule has 0 rings (SSSR count). The molecular formula is C8H16ClN3O2. The Kier molecular flexibility index (Phi) is 5.30. The van der Waals surface area contributed by atoms with Gasteiger partial charge in [-0.3, -0.25) is 4.79 Å². The number of carbonyl (C=O) groups excluding carboxylic acids is 2. The highest BCUT2D eigenvalue weighted by atomic mass is 35.5. The predicted octanol–water partition coefficient (Wildman–Crippen LogP) is 0.0359. The van der Waals surface area contributed by atoms with Crippen LogP contribution in [0, 0.1) is 5.41 Å². The molecule has 0 aromatic rings. The molecule has 0 unspecified atom stereocenters. The summed E-state index contributed by atoms with van der Waals surface area (Å²) in [5.74, 6) is 0.112. The molecule has 0 atom stereocenters. The first-order valence-electron chi connectivity index (χ1n) is 4.27. The normalized spacial score (nSPS) is 10.8. The van der Waals surface area contributed by atoms with Crippen molar-refractivity contribution in [2.75, 3.05) is 19.0 Å². The van der Waals surface area contributed by atoms with Crippen molar-refractivity contribution in [3.63, 3.8) is 0 Å². The fraction of sp³-hybridized carbons (Fsp3) is 0.750. The third kappa shape index (κ3) is 4.91. The maximum atomic E-state index is 11.4. The summed E-state index contributed by atoms with van der Waals surface area (Å²) in [4.78, 5) is 21.7. The first-order valence-corrected chi connectivity index (χ1v) is 4.81. The van der Waals surface area contributed by atoms with Crippen molar-refractivity contribution in [3.8, 4) is 0 Å². The van der Waals surface area contributed by atoms with Gasteiger partial charge in [0.15, 0.2) is 0 Å². The van der Waals surface area contributed by atoms with Crippen LogP contribution < -0.4 is 16.4 Å². The van der Waals surface area contributed by atoms with Gasteiger partial charge in [-0.2, -0.15) is 0 Å². The molecule has 0 saturated heterocycles. The molecule has 0 radical (unpaired) electrons. The Morgan fingerprint density at radius 2 is 1.79 bits per heavy atom. The molecule has 3 amide bonds. The van der Waals surface area contributed by atoms with E-state index in [0.717, 1.165) is 0 Å². The van der Waals surface area contributed by atoms with Crippen molar-refractivity contribution in [2.45, 2.75) is 13.8 Å². The molecule has 82 valence electrons. The number of urea groups is 1. The van der Waals surface area contributed by atoms with Gasteiger partial charge in [0, 0.05) is 19.0 Å². The molecule has 5 nitrogen and oxygen atoms in total. The van der Waals surface area contributed by atoms with E-state index in [2.05, 4.69) is 10.6 Å². The minimum atomic E-state index is -0.601. The van der Waals surface area contributed by atoms with Gasteiger partial charge in [-0.25, -0.2) is 4.79 Å². The molecule has 0 saturated carbocycles. The zero-order valence-corrected chi connectivity index (χ0v) is 9.15. The molecule has 6 heteroatoms. The van der Waals surface area contributed by atoms with Crippen LogP contribution >= 0.6 is 11.6 Å². The van der Waals surface area contributed by atoms with Gasteiger partial charge in [-0.05, 0) is 13.8 Å². The van der Waals surface area contributed by atoms with Crippen LogP contribution in [0.1, 0.15) is 13.8 Å². The van der Waals surface area contributed by atoms with E-state index in [9.17, 15) is 9.59 Å². The van der Waals surface area contributed by atoms with E-state index in [4.69, 9.17) is 17.3 Å². The van der Waals surface area contributed by atoms with Crippen molar-refractivity contribution >= 4 is 23.5 Å². The zero-order chi connectivity index (χ0) is 11.2. The molecule has 0 heterocycles. The average molecular weight is 222 g/mol. The molecular weight excluding hydrogens is 206 g/mol. The van der Waals surface area contributed by atoms with Crippen LogP contribution in [0.15, 0.2) is 0 Å². The van der Waals surface area contributed by atoms with Crippen LogP contribution in [-0.2, 0) is 4.79 Å². The van der Waals surface area contributed by atoms with Crippen LogP contribution in [-0.4, -0.2) is 30.9 Å². The maximum Gasteiger partial charge on any atom is 0.312 e. The standard InChI is InChI=1S/C8H16ClN3O2/c1-8(2,5-9)6(13)11-3-4-12-7(10)14/h3-5H2,1-2H3,(H,11,13)(H3,10,12,14). The van der Waals surface area contributed by atoms with Crippen molar-refractivity contribution in [2.24, 2.45) is 11.1 Å². The number of alkyl halides is 1. The van der Waals surface area contributed by atoms with E-state index in [-0.39, 0.29) is 11.8 Å². The lowest BCUT2D eigenvalue weighted by Crippen LogP contribution is -2.42. The molecule has 0 fully saturated rings. The Hall–Kier alpha value is -0.970. The summed E-state index contributed by atoms with van der Waals surface area (Å²) in [6.45, 7) is 4.16. The summed E-state index contributed by atoms with van der Waals surface area (Å²) < 4.78 is 0. The van der Waals surface area contributed by atoms with Crippen LogP contribution in [0.5, 0.6) is 0 Å². The third-order valence-corrected chi connectivity index (χ3v) is 2.33. The molecule has 0 aromatic carbocycles. The van der Waals surface area contributed by atoms with Crippen molar-refractivity contribution in [1.29, 1.82) is 0 Å². The monoisotopic (exact) mass is 221 g/mol. The Balaban J connectivity index is 3.70. The summed E-state index contributed by atoms with van der Waals surface area (Å²) in [5, 5.41) is 5.00. The lowest BCUT2D eigenvalue weighted by molar-refractivity contribution is -0.128. The molecule has 14 heavy (non-hydrogen) atoms. The van der Waals surface area contributed by atoms with Crippen LogP contribution in [0.4, 0.5) is 4.79 Å². The largest absolute Gasteiger partial charge is 0.354 e. The SMILES string of the molecule is CC(C)(CCl)C(=O)NCCNC(N)=O. The van der Waals surface area contributed by atoms with Gasteiger partial charge in [0.25, 0.3) is 0 Å². The molecule has 0 spiro atoms. The second-order valence-corrected chi connectivity index (χ2v) is 3.83. The number of hydrogen-bond donors (Lipinski definition) is 3. The number of amides is 3. The molecule has 0 aliphatic rings. The van der Waals surface area contributed by atoms with Crippen LogP contribution in [0.25, 0.3) is 0 Å². The summed E-state index contributed by atoms with van der Waals surface area (Å²) in [5.41, 5.74) is 4.25. The number of rotatable bonds is 5. The van der Waals surface area contributed by atoms with Crippen LogP contribution in [0.2, 0.25) is 0 Å². The number of primary amides is 1. The molecule has 0 aromatic heterocycles. The van der Waals surface area contributed by atoms with Crippen molar-refractivity contribution < 1.29 is 9.59 Å². The fourth-order valence-corrected chi connectivity index (χ4v) is 0.783. The lowest BCUT2D eigenvalue weighted by Gasteiger charge is -2.20. The van der Waals surface area contributed by atoms with Gasteiger partial charge >= 0.3 is 6.03 Å². The quantitative estimate of drug-likeness (QED) is 0.452. The summed E-state index contributed by atoms with van der Waals surface area (Å²) in [6.07, 6.45) is 0. The maximum absolute atomic E-state index is 11.4. The van der Waals surface area contributed by atoms with Gasteiger partial charge in [0.05, 0.1) is 5.41 Å². The second kappa shape index (κ2) is 5.70. The number of carbonyl (C=O) groups is 2. The number of halogens is 1. The smallest absolute Gasteiger partial charge is 0.312 e. The van der Waals surface area contributed by atoms with E-state index in [1.807, 2.05) is 0 Å².